The summed E-state index contributed by atoms with van der Waals surface area (Å²) in [6.07, 6.45) is 0. The van der Waals surface area contributed by atoms with E-state index in [1.54, 1.807) is 11.0 Å². The van der Waals surface area contributed by atoms with Crippen molar-refractivity contribution in [2.24, 2.45) is 0 Å². The van der Waals surface area contributed by atoms with Crippen molar-refractivity contribution in [1.29, 1.82) is 0 Å². The van der Waals surface area contributed by atoms with E-state index >= 15 is 0 Å². The SMILES string of the molecule is CCN(CC)C(=O)c1cc(-c2csc(Nc3ccc(C)cc3)n2)on1. The quantitative estimate of drug-likeness (QED) is 0.712. The van der Waals surface area contributed by atoms with Crippen LogP contribution in [0.4, 0.5) is 10.8 Å². The van der Waals surface area contributed by atoms with Crippen molar-refractivity contribution < 1.29 is 9.32 Å². The Kier molecular flexibility index (Phi) is 5.14. The number of rotatable bonds is 6. The highest BCUT2D eigenvalue weighted by molar-refractivity contribution is 7.14. The molecule has 1 amide bonds. The Labute approximate surface area is 150 Å². The van der Waals surface area contributed by atoms with Crippen LogP contribution in [0.1, 0.15) is 29.9 Å². The largest absolute Gasteiger partial charge is 0.354 e. The van der Waals surface area contributed by atoms with Gasteiger partial charge in [-0.15, -0.1) is 11.3 Å². The lowest BCUT2D eigenvalue weighted by Crippen LogP contribution is -2.30. The van der Waals surface area contributed by atoms with Gasteiger partial charge in [-0.25, -0.2) is 4.98 Å². The fourth-order valence-electron chi connectivity index (χ4n) is 2.37. The van der Waals surface area contributed by atoms with Crippen LogP contribution < -0.4 is 5.32 Å². The number of carbonyl (C=O) groups is 1. The number of benzene rings is 1. The zero-order chi connectivity index (χ0) is 17.8. The fourth-order valence-corrected chi connectivity index (χ4v) is 3.09. The summed E-state index contributed by atoms with van der Waals surface area (Å²) in [6.45, 7) is 7.20. The van der Waals surface area contributed by atoms with Gasteiger partial charge in [0.1, 0.15) is 5.69 Å². The maximum atomic E-state index is 12.3. The lowest BCUT2D eigenvalue weighted by molar-refractivity contribution is 0.0762. The van der Waals surface area contributed by atoms with Crippen molar-refractivity contribution >= 4 is 28.1 Å². The molecule has 0 spiro atoms. The minimum absolute atomic E-state index is 0.131. The molecule has 1 N–H and O–H groups in total. The van der Waals surface area contributed by atoms with Crippen molar-refractivity contribution in [3.63, 3.8) is 0 Å². The standard InChI is InChI=1S/C18H20N4O2S/c1-4-22(5-2)17(23)14-10-16(24-21-14)15-11-25-18(20-15)19-13-8-6-12(3)7-9-13/h6-11H,4-5H2,1-3H3,(H,19,20). The number of amides is 1. The van der Waals surface area contributed by atoms with Crippen LogP contribution >= 0.6 is 11.3 Å². The summed E-state index contributed by atoms with van der Waals surface area (Å²) in [7, 11) is 0. The van der Waals surface area contributed by atoms with Crippen molar-refractivity contribution in [1.82, 2.24) is 15.0 Å². The van der Waals surface area contributed by atoms with Crippen molar-refractivity contribution in [2.45, 2.75) is 20.8 Å². The number of nitrogens with zero attached hydrogens (tertiary/aromatic N) is 3. The molecule has 0 saturated heterocycles. The monoisotopic (exact) mass is 356 g/mol. The first-order valence-corrected chi connectivity index (χ1v) is 9.04. The van der Waals surface area contributed by atoms with Crippen LogP contribution in [-0.2, 0) is 0 Å². The third-order valence-corrected chi connectivity index (χ3v) is 4.60. The van der Waals surface area contributed by atoms with Crippen LogP contribution in [0.5, 0.6) is 0 Å². The number of hydrogen-bond donors (Lipinski definition) is 1. The molecule has 25 heavy (non-hydrogen) atoms. The molecule has 0 unspecified atom stereocenters. The average molecular weight is 356 g/mol. The molecule has 0 aliphatic rings. The number of aromatic nitrogens is 2. The molecule has 3 rings (SSSR count). The topological polar surface area (TPSA) is 71.3 Å². The lowest BCUT2D eigenvalue weighted by Gasteiger charge is -2.16. The second kappa shape index (κ2) is 7.48. The third-order valence-electron chi connectivity index (χ3n) is 3.84. The van der Waals surface area contributed by atoms with Gasteiger partial charge in [-0.2, -0.15) is 0 Å². The van der Waals surface area contributed by atoms with E-state index in [2.05, 4.69) is 15.5 Å². The van der Waals surface area contributed by atoms with E-state index in [1.807, 2.05) is 50.4 Å². The summed E-state index contributed by atoms with van der Waals surface area (Å²) in [5, 5.41) is 9.78. The molecule has 0 aliphatic heterocycles. The highest BCUT2D eigenvalue weighted by atomic mass is 32.1. The zero-order valence-corrected chi connectivity index (χ0v) is 15.3. The molecule has 0 aliphatic carbocycles. The molecular weight excluding hydrogens is 336 g/mol. The van der Waals surface area contributed by atoms with Crippen LogP contribution in [0.25, 0.3) is 11.5 Å². The third kappa shape index (κ3) is 3.88. The van der Waals surface area contributed by atoms with Gasteiger partial charge in [0.25, 0.3) is 5.91 Å². The van der Waals surface area contributed by atoms with Crippen LogP contribution in [0.15, 0.2) is 40.2 Å². The van der Waals surface area contributed by atoms with Crippen molar-refractivity contribution in [3.05, 3.63) is 47.0 Å². The van der Waals surface area contributed by atoms with Crippen molar-refractivity contribution in [3.8, 4) is 11.5 Å². The second-order valence-electron chi connectivity index (χ2n) is 5.58. The molecule has 2 heterocycles. The van der Waals surface area contributed by atoms with E-state index in [4.69, 9.17) is 4.52 Å². The molecule has 0 bridgehead atoms. The minimum atomic E-state index is -0.131. The first-order valence-electron chi connectivity index (χ1n) is 8.16. The summed E-state index contributed by atoms with van der Waals surface area (Å²) in [4.78, 5) is 18.5. The van der Waals surface area contributed by atoms with Crippen LogP contribution in [0.2, 0.25) is 0 Å². The van der Waals surface area contributed by atoms with E-state index in [-0.39, 0.29) is 5.91 Å². The van der Waals surface area contributed by atoms with Crippen LogP contribution in [-0.4, -0.2) is 34.0 Å². The molecule has 3 aromatic rings. The molecule has 130 valence electrons. The van der Waals surface area contributed by atoms with Crippen LogP contribution in [0, 0.1) is 6.92 Å². The second-order valence-corrected chi connectivity index (χ2v) is 6.44. The van der Waals surface area contributed by atoms with Gasteiger partial charge in [-0.1, -0.05) is 22.9 Å². The normalized spacial score (nSPS) is 10.7. The number of thiazole rings is 1. The molecular formula is C18H20N4O2S. The number of aryl methyl sites for hydroxylation is 1. The number of hydrogen-bond acceptors (Lipinski definition) is 6. The van der Waals surface area contributed by atoms with E-state index in [9.17, 15) is 4.79 Å². The molecule has 7 heteroatoms. The molecule has 0 radical (unpaired) electrons. The summed E-state index contributed by atoms with van der Waals surface area (Å²) in [5.41, 5.74) is 3.14. The smallest absolute Gasteiger partial charge is 0.276 e. The van der Waals surface area contributed by atoms with Gasteiger partial charge in [0.2, 0.25) is 0 Å². The number of anilines is 2. The maximum Gasteiger partial charge on any atom is 0.276 e. The maximum absolute atomic E-state index is 12.3. The molecule has 6 nitrogen and oxygen atoms in total. The Morgan fingerprint density at radius 1 is 1.24 bits per heavy atom. The summed E-state index contributed by atoms with van der Waals surface area (Å²) in [6, 6.07) is 9.74. The van der Waals surface area contributed by atoms with E-state index in [1.165, 1.54) is 16.9 Å². The zero-order valence-electron chi connectivity index (χ0n) is 14.4. The van der Waals surface area contributed by atoms with E-state index in [0.717, 1.165) is 10.8 Å². The van der Waals surface area contributed by atoms with Crippen LogP contribution in [0.3, 0.4) is 0 Å². The Bertz CT molecular complexity index is 850. The fraction of sp³-hybridized carbons (Fsp3) is 0.278. The lowest BCUT2D eigenvalue weighted by atomic mass is 10.2. The van der Waals surface area contributed by atoms with E-state index in [0.29, 0.717) is 30.2 Å². The van der Waals surface area contributed by atoms with Gasteiger partial charge in [0.15, 0.2) is 16.6 Å². The van der Waals surface area contributed by atoms with Gasteiger partial charge >= 0.3 is 0 Å². The highest BCUT2D eigenvalue weighted by Gasteiger charge is 2.19. The first kappa shape index (κ1) is 17.2. The van der Waals surface area contributed by atoms with Gasteiger partial charge < -0.3 is 14.7 Å². The number of nitrogens with one attached hydrogen (secondary N) is 1. The Morgan fingerprint density at radius 2 is 1.96 bits per heavy atom. The highest BCUT2D eigenvalue weighted by Crippen LogP contribution is 2.28. The molecule has 0 fully saturated rings. The van der Waals surface area contributed by atoms with Gasteiger partial charge in [0.05, 0.1) is 0 Å². The van der Waals surface area contributed by atoms with E-state index < -0.39 is 0 Å². The molecule has 2 aromatic heterocycles. The minimum Gasteiger partial charge on any atom is -0.354 e. The Balaban J connectivity index is 1.74. The first-order chi connectivity index (χ1) is 12.1. The Morgan fingerprint density at radius 3 is 2.64 bits per heavy atom. The predicted molar refractivity (Wildman–Crippen MR) is 99.3 cm³/mol. The Hall–Kier alpha value is -2.67. The average Bonchev–Trinajstić information content (AvgIpc) is 3.27. The van der Waals surface area contributed by atoms with Gasteiger partial charge in [-0.3, -0.25) is 4.79 Å². The summed E-state index contributed by atoms with van der Waals surface area (Å²) in [5.74, 6) is 0.358. The molecule has 0 saturated carbocycles. The number of carbonyl (C=O) groups excluding carboxylic acids is 1. The molecule has 1 aromatic carbocycles. The predicted octanol–water partition coefficient (Wildman–Crippen LogP) is 4.33. The van der Waals surface area contributed by atoms with Gasteiger partial charge in [0, 0.05) is 30.2 Å². The van der Waals surface area contributed by atoms with Gasteiger partial charge in [-0.05, 0) is 32.9 Å². The molecule has 0 atom stereocenters. The summed E-state index contributed by atoms with van der Waals surface area (Å²) >= 11 is 1.47. The summed E-state index contributed by atoms with van der Waals surface area (Å²) < 4.78 is 5.31. The van der Waals surface area contributed by atoms with Crippen molar-refractivity contribution in [2.75, 3.05) is 18.4 Å².